The predicted molar refractivity (Wildman–Crippen MR) is 126 cm³/mol. The van der Waals surface area contributed by atoms with Gasteiger partial charge in [-0.05, 0) is 41.3 Å². The van der Waals surface area contributed by atoms with E-state index in [0.29, 0.717) is 18.8 Å². The van der Waals surface area contributed by atoms with E-state index in [9.17, 15) is 5.11 Å². The minimum absolute atomic E-state index is 0.112. The summed E-state index contributed by atoms with van der Waals surface area (Å²) < 4.78 is 17.5. The smallest absolute Gasteiger partial charge is 0.124 e. The maximum absolute atomic E-state index is 12.1. The van der Waals surface area contributed by atoms with Crippen LogP contribution in [0.1, 0.15) is 24.5 Å². The molecule has 0 bridgehead atoms. The van der Waals surface area contributed by atoms with Gasteiger partial charge >= 0.3 is 0 Å². The molecule has 2 aromatic carbocycles. The van der Waals surface area contributed by atoms with Crippen molar-refractivity contribution in [3.8, 4) is 5.75 Å². The zero-order valence-electron chi connectivity index (χ0n) is 19.1. The summed E-state index contributed by atoms with van der Waals surface area (Å²) in [6, 6.07) is 18.0. The van der Waals surface area contributed by atoms with Crippen LogP contribution in [0, 0.1) is 11.3 Å². The Morgan fingerprint density at radius 1 is 1.00 bits per heavy atom. The van der Waals surface area contributed by atoms with Crippen LogP contribution in [0.25, 0.3) is 0 Å². The van der Waals surface area contributed by atoms with E-state index in [4.69, 9.17) is 14.2 Å². The van der Waals surface area contributed by atoms with E-state index in [1.807, 2.05) is 60.7 Å². The molecule has 2 aromatic rings. The van der Waals surface area contributed by atoms with Crippen LogP contribution in [0.2, 0.25) is 0 Å². The molecular formula is C28H32O4. The Hall–Kier alpha value is -2.82. The summed E-state index contributed by atoms with van der Waals surface area (Å²) in [7, 11) is 3.29. The van der Waals surface area contributed by atoms with Crippen molar-refractivity contribution < 1.29 is 19.3 Å². The number of hydrogen-bond acceptors (Lipinski definition) is 4. The molecule has 0 saturated carbocycles. The van der Waals surface area contributed by atoms with Crippen LogP contribution in [0.4, 0.5) is 0 Å². The number of benzene rings is 2. The summed E-state index contributed by atoms with van der Waals surface area (Å²) in [6.07, 6.45) is 6.90. The van der Waals surface area contributed by atoms with Crippen molar-refractivity contribution in [2.75, 3.05) is 14.2 Å². The van der Waals surface area contributed by atoms with E-state index in [-0.39, 0.29) is 12.0 Å². The molecule has 0 spiro atoms. The second-order valence-electron chi connectivity index (χ2n) is 8.99. The fourth-order valence-electron chi connectivity index (χ4n) is 5.14. The zero-order chi connectivity index (χ0) is 22.8. The first-order chi connectivity index (χ1) is 15.4. The van der Waals surface area contributed by atoms with Crippen molar-refractivity contribution in [3.63, 3.8) is 0 Å². The van der Waals surface area contributed by atoms with Gasteiger partial charge in [-0.3, -0.25) is 0 Å². The molecule has 0 unspecified atom stereocenters. The normalized spacial score (nSPS) is 29.2. The van der Waals surface area contributed by atoms with Crippen molar-refractivity contribution in [3.05, 3.63) is 102 Å². The number of hydrogen-bond donors (Lipinski definition) is 1. The molecule has 168 valence electrons. The van der Waals surface area contributed by atoms with Crippen LogP contribution in [0.3, 0.4) is 0 Å². The molecule has 4 atom stereocenters. The highest BCUT2D eigenvalue weighted by Crippen LogP contribution is 2.56. The Labute approximate surface area is 190 Å². The first-order valence-electron chi connectivity index (χ1n) is 11.0. The molecule has 32 heavy (non-hydrogen) atoms. The molecule has 2 aliphatic rings. The summed E-state index contributed by atoms with van der Waals surface area (Å²) in [6.45, 7) is 6.94. The highest BCUT2D eigenvalue weighted by Gasteiger charge is 2.58. The molecule has 1 N–H and O–H groups in total. The first kappa shape index (κ1) is 22.4. The molecule has 0 amide bonds. The Kier molecular flexibility index (Phi) is 6.27. The topological polar surface area (TPSA) is 47.9 Å². The molecule has 0 fully saturated rings. The minimum atomic E-state index is -1.13. The number of ether oxygens (including phenoxy) is 3. The zero-order valence-corrected chi connectivity index (χ0v) is 19.1. The van der Waals surface area contributed by atoms with Gasteiger partial charge in [0, 0.05) is 17.8 Å². The molecule has 2 aliphatic carbocycles. The monoisotopic (exact) mass is 432 g/mol. The van der Waals surface area contributed by atoms with Gasteiger partial charge in [0.15, 0.2) is 0 Å². The fourth-order valence-corrected chi connectivity index (χ4v) is 5.14. The van der Waals surface area contributed by atoms with Gasteiger partial charge in [-0.2, -0.15) is 0 Å². The first-order valence-corrected chi connectivity index (χ1v) is 11.0. The van der Waals surface area contributed by atoms with E-state index in [0.717, 1.165) is 28.9 Å². The van der Waals surface area contributed by atoms with Crippen LogP contribution < -0.4 is 4.74 Å². The number of methoxy groups -OCH3 is 2. The number of rotatable bonds is 7. The predicted octanol–water partition coefficient (Wildman–Crippen LogP) is 5.24. The molecule has 0 heterocycles. The lowest BCUT2D eigenvalue weighted by Crippen LogP contribution is -2.59. The number of fused-ring (bicyclic) bond motifs is 1. The Morgan fingerprint density at radius 2 is 1.72 bits per heavy atom. The third kappa shape index (κ3) is 4.01. The highest BCUT2D eigenvalue weighted by atomic mass is 16.5. The molecular weight excluding hydrogens is 400 g/mol. The van der Waals surface area contributed by atoms with Crippen molar-refractivity contribution in [2.45, 2.75) is 38.1 Å². The second kappa shape index (κ2) is 8.97. The standard InChI is InChI=1S/C28H32O4/c1-20-9-8-16-27(2)25(20)26(32-19-22-10-6-5-7-11-22)24(31-4)18-28(27,29)17-21-12-14-23(30-3)15-13-21/h5-15,18,25-26,29H,1,16-17,19H2,2-4H3/t25-,26-,27-,28+/m0/s1. The van der Waals surface area contributed by atoms with Crippen LogP contribution in [0.15, 0.2) is 90.7 Å². The van der Waals surface area contributed by atoms with Crippen molar-refractivity contribution in [2.24, 2.45) is 11.3 Å². The van der Waals surface area contributed by atoms with Crippen LogP contribution >= 0.6 is 0 Å². The van der Waals surface area contributed by atoms with E-state index in [2.05, 4.69) is 25.7 Å². The van der Waals surface area contributed by atoms with Gasteiger partial charge in [-0.25, -0.2) is 0 Å². The molecule has 4 heteroatoms. The quantitative estimate of drug-likeness (QED) is 0.650. The van der Waals surface area contributed by atoms with Gasteiger partial charge in [-0.1, -0.05) is 68.1 Å². The largest absolute Gasteiger partial charge is 0.499 e. The maximum Gasteiger partial charge on any atom is 0.124 e. The van der Waals surface area contributed by atoms with E-state index in [1.54, 1.807) is 14.2 Å². The van der Waals surface area contributed by atoms with Gasteiger partial charge in [0.05, 0.1) is 26.4 Å². The fraction of sp³-hybridized carbons (Fsp3) is 0.357. The summed E-state index contributed by atoms with van der Waals surface area (Å²) in [5.41, 5.74) is 1.46. The van der Waals surface area contributed by atoms with Gasteiger partial charge in [0.1, 0.15) is 17.6 Å². The van der Waals surface area contributed by atoms with Crippen LogP contribution in [0.5, 0.6) is 5.75 Å². The van der Waals surface area contributed by atoms with E-state index in [1.165, 1.54) is 0 Å². The summed E-state index contributed by atoms with van der Waals surface area (Å²) in [4.78, 5) is 0. The third-order valence-electron chi connectivity index (χ3n) is 7.05. The Morgan fingerprint density at radius 3 is 2.38 bits per heavy atom. The number of allylic oxidation sites excluding steroid dienone is 2. The molecule has 0 radical (unpaired) electrons. The summed E-state index contributed by atoms with van der Waals surface area (Å²) in [5.74, 6) is 1.33. The van der Waals surface area contributed by atoms with Gasteiger partial charge in [0.2, 0.25) is 0 Å². The molecule has 0 aromatic heterocycles. The lowest BCUT2D eigenvalue weighted by Gasteiger charge is -2.55. The molecule has 0 aliphatic heterocycles. The lowest BCUT2D eigenvalue weighted by atomic mass is 9.53. The van der Waals surface area contributed by atoms with Crippen molar-refractivity contribution in [1.82, 2.24) is 0 Å². The van der Waals surface area contributed by atoms with E-state index < -0.39 is 11.0 Å². The third-order valence-corrected chi connectivity index (χ3v) is 7.05. The Balaban J connectivity index is 1.71. The van der Waals surface area contributed by atoms with Gasteiger partial charge in [0.25, 0.3) is 0 Å². The molecule has 4 nitrogen and oxygen atoms in total. The van der Waals surface area contributed by atoms with Crippen LogP contribution in [-0.4, -0.2) is 31.0 Å². The minimum Gasteiger partial charge on any atom is -0.499 e. The van der Waals surface area contributed by atoms with Crippen LogP contribution in [-0.2, 0) is 22.5 Å². The van der Waals surface area contributed by atoms with E-state index >= 15 is 0 Å². The SMILES string of the molecule is C=C1C=CC[C@@]2(C)[C@@H]1[C@@H](OCc1ccccc1)C(OC)=C[C@]2(O)Cc1ccc(OC)cc1. The van der Waals surface area contributed by atoms with Crippen molar-refractivity contribution >= 4 is 0 Å². The summed E-state index contributed by atoms with van der Waals surface area (Å²) >= 11 is 0. The maximum atomic E-state index is 12.1. The van der Waals surface area contributed by atoms with Gasteiger partial charge in [-0.15, -0.1) is 0 Å². The number of aliphatic hydroxyl groups is 1. The molecule has 0 saturated heterocycles. The highest BCUT2D eigenvalue weighted by molar-refractivity contribution is 5.39. The average molecular weight is 433 g/mol. The lowest BCUT2D eigenvalue weighted by molar-refractivity contribution is -0.129. The summed E-state index contributed by atoms with van der Waals surface area (Å²) in [5, 5.41) is 12.1. The van der Waals surface area contributed by atoms with Gasteiger partial charge < -0.3 is 19.3 Å². The second-order valence-corrected chi connectivity index (χ2v) is 8.99. The Bertz CT molecular complexity index is 1010. The molecule has 4 rings (SSSR count). The van der Waals surface area contributed by atoms with Crippen molar-refractivity contribution in [1.29, 1.82) is 0 Å². The average Bonchev–Trinajstić information content (AvgIpc) is 2.80.